The van der Waals surface area contributed by atoms with Crippen LogP contribution in [0.3, 0.4) is 0 Å². The van der Waals surface area contributed by atoms with Crippen LogP contribution in [0, 0.1) is 0 Å². The van der Waals surface area contributed by atoms with Gasteiger partial charge in [-0.3, -0.25) is 4.72 Å². The Bertz CT molecular complexity index is 413. The molecule has 0 aromatic heterocycles. The molecule has 5 heteroatoms. The van der Waals surface area contributed by atoms with Gasteiger partial charge in [-0.15, -0.1) is 0 Å². The average Bonchev–Trinajstić information content (AvgIpc) is 2.01. The summed E-state index contributed by atoms with van der Waals surface area (Å²) < 4.78 is 24.3. The molecular weight excluding hydrogens is 200 g/mol. The third kappa shape index (κ3) is 3.35. The third-order valence-corrected chi connectivity index (χ3v) is 2.32. The van der Waals surface area contributed by atoms with Crippen molar-refractivity contribution in [2.24, 2.45) is 5.73 Å². The van der Waals surface area contributed by atoms with Gasteiger partial charge in [0.2, 0.25) is 10.0 Å². The normalized spacial score (nSPS) is 13.6. The standard InChI is InChI=1S/C9H14N2O2S/c1-7(10)8-4-3-5-9(6-8)11-14(2,12)13/h3-7,11H,10H2,1-2H3/t7-/m0/s1. The van der Waals surface area contributed by atoms with E-state index in [1.807, 2.05) is 13.0 Å². The second-order valence-electron chi connectivity index (χ2n) is 3.29. The summed E-state index contributed by atoms with van der Waals surface area (Å²) >= 11 is 0. The average molecular weight is 214 g/mol. The van der Waals surface area contributed by atoms with Crippen LogP contribution in [-0.4, -0.2) is 14.7 Å². The minimum atomic E-state index is -3.21. The van der Waals surface area contributed by atoms with E-state index in [2.05, 4.69) is 4.72 Å². The summed E-state index contributed by atoms with van der Waals surface area (Å²) in [7, 11) is -3.21. The molecule has 1 rings (SSSR count). The van der Waals surface area contributed by atoms with Crippen LogP contribution in [0.2, 0.25) is 0 Å². The van der Waals surface area contributed by atoms with E-state index < -0.39 is 10.0 Å². The van der Waals surface area contributed by atoms with Crippen LogP contribution in [0.5, 0.6) is 0 Å². The van der Waals surface area contributed by atoms with E-state index in [0.717, 1.165) is 11.8 Å². The van der Waals surface area contributed by atoms with Gasteiger partial charge in [0.15, 0.2) is 0 Å². The molecule has 0 unspecified atom stereocenters. The maximum atomic E-state index is 10.9. The second kappa shape index (κ2) is 3.98. The van der Waals surface area contributed by atoms with Crippen molar-refractivity contribution in [3.05, 3.63) is 29.8 Å². The van der Waals surface area contributed by atoms with Crippen molar-refractivity contribution in [2.45, 2.75) is 13.0 Å². The molecule has 14 heavy (non-hydrogen) atoms. The van der Waals surface area contributed by atoms with Crippen molar-refractivity contribution in [1.29, 1.82) is 0 Å². The van der Waals surface area contributed by atoms with Crippen LogP contribution in [0.15, 0.2) is 24.3 Å². The minimum Gasteiger partial charge on any atom is -0.324 e. The fourth-order valence-electron chi connectivity index (χ4n) is 1.10. The lowest BCUT2D eigenvalue weighted by Crippen LogP contribution is -2.11. The molecule has 0 aliphatic carbocycles. The zero-order valence-corrected chi connectivity index (χ0v) is 9.01. The van der Waals surface area contributed by atoms with E-state index >= 15 is 0 Å². The largest absolute Gasteiger partial charge is 0.324 e. The Kier molecular flexibility index (Phi) is 3.13. The van der Waals surface area contributed by atoms with Gasteiger partial charge in [0, 0.05) is 11.7 Å². The first-order valence-corrected chi connectivity index (χ1v) is 6.11. The SMILES string of the molecule is C[C@H](N)c1cccc(NS(C)(=O)=O)c1. The van der Waals surface area contributed by atoms with E-state index in [9.17, 15) is 8.42 Å². The van der Waals surface area contributed by atoms with Gasteiger partial charge in [0.25, 0.3) is 0 Å². The molecule has 0 amide bonds. The quantitative estimate of drug-likeness (QED) is 0.790. The van der Waals surface area contributed by atoms with Crippen LogP contribution in [-0.2, 0) is 10.0 Å². The molecule has 1 atom stereocenters. The third-order valence-electron chi connectivity index (χ3n) is 1.72. The van der Waals surface area contributed by atoms with Crippen molar-refractivity contribution in [1.82, 2.24) is 0 Å². The number of benzene rings is 1. The lowest BCUT2D eigenvalue weighted by atomic mass is 10.1. The Balaban J connectivity index is 2.95. The number of rotatable bonds is 3. The van der Waals surface area contributed by atoms with Crippen molar-refractivity contribution in [2.75, 3.05) is 11.0 Å². The Morgan fingerprint density at radius 1 is 1.43 bits per heavy atom. The Labute approximate surface area is 84.2 Å². The van der Waals surface area contributed by atoms with E-state index in [1.165, 1.54) is 0 Å². The highest BCUT2D eigenvalue weighted by atomic mass is 32.2. The highest BCUT2D eigenvalue weighted by molar-refractivity contribution is 7.92. The molecule has 0 heterocycles. The van der Waals surface area contributed by atoms with Crippen LogP contribution in [0.4, 0.5) is 5.69 Å². The lowest BCUT2D eigenvalue weighted by molar-refractivity contribution is 0.607. The molecule has 0 radical (unpaired) electrons. The topological polar surface area (TPSA) is 72.2 Å². The summed E-state index contributed by atoms with van der Waals surface area (Å²) in [5.74, 6) is 0. The molecule has 0 bridgehead atoms. The van der Waals surface area contributed by atoms with Crippen LogP contribution in [0.25, 0.3) is 0 Å². The summed E-state index contributed by atoms with van der Waals surface area (Å²) in [4.78, 5) is 0. The summed E-state index contributed by atoms with van der Waals surface area (Å²) in [5, 5.41) is 0. The highest BCUT2D eigenvalue weighted by Gasteiger charge is 2.04. The van der Waals surface area contributed by atoms with E-state index in [0.29, 0.717) is 5.69 Å². The Morgan fingerprint density at radius 2 is 2.07 bits per heavy atom. The predicted octanol–water partition coefficient (Wildman–Crippen LogP) is 1.08. The van der Waals surface area contributed by atoms with E-state index in [1.54, 1.807) is 18.2 Å². The molecule has 1 aromatic rings. The molecule has 0 saturated carbocycles. The molecular formula is C9H14N2O2S. The van der Waals surface area contributed by atoms with Gasteiger partial charge in [-0.25, -0.2) is 8.42 Å². The second-order valence-corrected chi connectivity index (χ2v) is 5.04. The summed E-state index contributed by atoms with van der Waals surface area (Å²) in [5.41, 5.74) is 7.11. The molecule has 0 aliphatic heterocycles. The van der Waals surface area contributed by atoms with Crippen LogP contribution < -0.4 is 10.5 Å². The molecule has 3 N–H and O–H groups in total. The van der Waals surface area contributed by atoms with E-state index in [-0.39, 0.29) is 6.04 Å². The maximum absolute atomic E-state index is 10.9. The first kappa shape index (κ1) is 11.0. The van der Waals surface area contributed by atoms with Crippen LogP contribution >= 0.6 is 0 Å². The summed E-state index contributed by atoms with van der Waals surface area (Å²) in [6, 6.07) is 6.94. The molecule has 1 aromatic carbocycles. The number of sulfonamides is 1. The highest BCUT2D eigenvalue weighted by Crippen LogP contribution is 2.16. The number of nitrogens with one attached hydrogen (secondary N) is 1. The molecule has 0 saturated heterocycles. The minimum absolute atomic E-state index is 0.101. The van der Waals surface area contributed by atoms with Crippen molar-refractivity contribution in [3.63, 3.8) is 0 Å². The zero-order chi connectivity index (χ0) is 10.8. The van der Waals surface area contributed by atoms with Crippen molar-refractivity contribution < 1.29 is 8.42 Å². The number of hydrogen-bond donors (Lipinski definition) is 2. The van der Waals surface area contributed by atoms with Gasteiger partial charge in [-0.05, 0) is 24.6 Å². The van der Waals surface area contributed by atoms with Crippen molar-refractivity contribution in [3.8, 4) is 0 Å². The van der Waals surface area contributed by atoms with Gasteiger partial charge in [0.1, 0.15) is 0 Å². The fourth-order valence-corrected chi connectivity index (χ4v) is 1.65. The van der Waals surface area contributed by atoms with Gasteiger partial charge in [0.05, 0.1) is 6.26 Å². The Morgan fingerprint density at radius 3 is 2.57 bits per heavy atom. The molecule has 4 nitrogen and oxygen atoms in total. The first-order chi connectivity index (χ1) is 6.38. The monoisotopic (exact) mass is 214 g/mol. The first-order valence-electron chi connectivity index (χ1n) is 4.22. The van der Waals surface area contributed by atoms with E-state index in [4.69, 9.17) is 5.73 Å². The zero-order valence-electron chi connectivity index (χ0n) is 8.19. The van der Waals surface area contributed by atoms with Gasteiger partial charge in [-0.2, -0.15) is 0 Å². The molecule has 0 aliphatic rings. The summed E-state index contributed by atoms with van der Waals surface area (Å²) in [6.45, 7) is 1.85. The van der Waals surface area contributed by atoms with Gasteiger partial charge < -0.3 is 5.73 Å². The number of hydrogen-bond acceptors (Lipinski definition) is 3. The number of nitrogens with two attached hydrogens (primary N) is 1. The predicted molar refractivity (Wildman–Crippen MR) is 57.5 cm³/mol. The molecule has 78 valence electrons. The molecule has 0 fully saturated rings. The molecule has 0 spiro atoms. The number of anilines is 1. The smallest absolute Gasteiger partial charge is 0.229 e. The maximum Gasteiger partial charge on any atom is 0.229 e. The van der Waals surface area contributed by atoms with Gasteiger partial charge >= 0.3 is 0 Å². The van der Waals surface area contributed by atoms with Crippen LogP contribution in [0.1, 0.15) is 18.5 Å². The summed E-state index contributed by atoms with van der Waals surface area (Å²) in [6.07, 6.45) is 1.12. The van der Waals surface area contributed by atoms with Gasteiger partial charge in [-0.1, -0.05) is 12.1 Å². The van der Waals surface area contributed by atoms with Crippen molar-refractivity contribution >= 4 is 15.7 Å². The lowest BCUT2D eigenvalue weighted by Gasteiger charge is -2.08. The Hall–Kier alpha value is -1.07. The fraction of sp³-hybridized carbons (Fsp3) is 0.333.